The Kier molecular flexibility index (Phi) is 5.65. The van der Waals surface area contributed by atoms with Crippen LogP contribution in [0.5, 0.6) is 0 Å². The van der Waals surface area contributed by atoms with Gasteiger partial charge in [-0.3, -0.25) is 19.6 Å². The van der Waals surface area contributed by atoms with Gasteiger partial charge in [-0.15, -0.1) is 0 Å². The number of amides is 3. The van der Waals surface area contributed by atoms with Crippen molar-refractivity contribution in [1.29, 1.82) is 0 Å². The zero-order chi connectivity index (χ0) is 18.5. The topological polar surface area (TPSA) is 65.0 Å². The van der Waals surface area contributed by atoms with Crippen LogP contribution in [-0.2, 0) is 11.2 Å². The molecular formula is C19H23FN4O2. The second-order valence-electron chi connectivity index (χ2n) is 6.37. The summed E-state index contributed by atoms with van der Waals surface area (Å²) in [6, 6.07) is 9.45. The van der Waals surface area contributed by atoms with Crippen LogP contribution >= 0.6 is 0 Å². The summed E-state index contributed by atoms with van der Waals surface area (Å²) < 4.78 is 12.8. The van der Waals surface area contributed by atoms with Gasteiger partial charge in [-0.25, -0.2) is 9.18 Å². The minimum absolute atomic E-state index is 0.0729. The SMILES string of the molecule is CCCNC(=O)C1=CN(CCF)C(=O)N2C[C@@H](Cc3ccccc3)N=C12. The highest BCUT2D eigenvalue weighted by atomic mass is 19.1. The minimum atomic E-state index is -0.667. The van der Waals surface area contributed by atoms with Gasteiger partial charge in [0.25, 0.3) is 5.91 Å². The fourth-order valence-corrected chi connectivity index (χ4v) is 3.13. The van der Waals surface area contributed by atoms with E-state index in [4.69, 9.17) is 0 Å². The maximum atomic E-state index is 12.8. The quantitative estimate of drug-likeness (QED) is 0.811. The van der Waals surface area contributed by atoms with Gasteiger partial charge in [0, 0.05) is 12.7 Å². The number of nitrogens with zero attached hydrogens (tertiary/aromatic N) is 3. The highest BCUT2D eigenvalue weighted by Gasteiger charge is 2.39. The Morgan fingerprint density at radius 3 is 2.81 bits per heavy atom. The van der Waals surface area contributed by atoms with E-state index in [0.29, 0.717) is 30.9 Å². The van der Waals surface area contributed by atoms with Gasteiger partial charge in [-0.2, -0.15) is 0 Å². The molecule has 1 atom stereocenters. The minimum Gasteiger partial charge on any atom is -0.352 e. The summed E-state index contributed by atoms with van der Waals surface area (Å²) in [7, 11) is 0. The first kappa shape index (κ1) is 18.1. The third kappa shape index (κ3) is 3.76. The molecule has 6 nitrogen and oxygen atoms in total. The summed E-state index contributed by atoms with van der Waals surface area (Å²) in [5.74, 6) is 0.104. The average molecular weight is 358 g/mol. The van der Waals surface area contributed by atoms with Crippen molar-refractivity contribution in [2.45, 2.75) is 25.8 Å². The van der Waals surface area contributed by atoms with E-state index in [0.717, 1.165) is 12.0 Å². The maximum absolute atomic E-state index is 12.8. The highest BCUT2D eigenvalue weighted by Crippen LogP contribution is 2.24. The Bertz CT molecular complexity index is 732. The van der Waals surface area contributed by atoms with E-state index >= 15 is 0 Å². The van der Waals surface area contributed by atoms with Crippen LogP contribution in [-0.4, -0.2) is 59.9 Å². The average Bonchev–Trinajstić information content (AvgIpc) is 3.07. The van der Waals surface area contributed by atoms with Gasteiger partial charge in [0.2, 0.25) is 0 Å². The molecule has 0 aliphatic carbocycles. The van der Waals surface area contributed by atoms with Gasteiger partial charge in [-0.1, -0.05) is 37.3 Å². The Labute approximate surface area is 152 Å². The van der Waals surface area contributed by atoms with E-state index in [1.165, 1.54) is 16.0 Å². The normalized spacial score (nSPS) is 19.2. The predicted molar refractivity (Wildman–Crippen MR) is 97.5 cm³/mol. The zero-order valence-corrected chi connectivity index (χ0v) is 14.8. The van der Waals surface area contributed by atoms with Crippen molar-refractivity contribution < 1.29 is 14.0 Å². The summed E-state index contributed by atoms with van der Waals surface area (Å²) in [5, 5.41) is 2.81. The molecule has 26 heavy (non-hydrogen) atoms. The molecule has 0 aromatic heterocycles. The van der Waals surface area contributed by atoms with Crippen molar-refractivity contribution in [3.63, 3.8) is 0 Å². The van der Waals surface area contributed by atoms with Gasteiger partial charge in [-0.05, 0) is 18.4 Å². The lowest BCUT2D eigenvalue weighted by molar-refractivity contribution is -0.117. The number of urea groups is 1. The van der Waals surface area contributed by atoms with Gasteiger partial charge in [0.05, 0.1) is 24.7 Å². The number of alkyl halides is 1. The third-order valence-electron chi connectivity index (χ3n) is 4.38. The Balaban J connectivity index is 1.84. The number of amidine groups is 1. The van der Waals surface area contributed by atoms with E-state index in [2.05, 4.69) is 10.3 Å². The Hall–Kier alpha value is -2.70. The number of hydrogen-bond acceptors (Lipinski definition) is 3. The van der Waals surface area contributed by atoms with Crippen LogP contribution in [0.15, 0.2) is 47.1 Å². The molecule has 2 aliphatic heterocycles. The molecule has 7 heteroatoms. The van der Waals surface area contributed by atoms with E-state index in [-0.39, 0.29) is 24.5 Å². The fraction of sp³-hybridized carbons (Fsp3) is 0.421. The molecule has 2 aliphatic rings. The molecule has 0 fully saturated rings. The van der Waals surface area contributed by atoms with Crippen LogP contribution < -0.4 is 5.32 Å². The van der Waals surface area contributed by atoms with Gasteiger partial charge in [0.15, 0.2) is 0 Å². The lowest BCUT2D eigenvalue weighted by Crippen LogP contribution is -2.50. The number of carbonyl (C=O) groups excluding carboxylic acids is 2. The molecule has 3 rings (SSSR count). The maximum Gasteiger partial charge on any atom is 0.329 e. The van der Waals surface area contributed by atoms with E-state index in [1.54, 1.807) is 0 Å². The lowest BCUT2D eigenvalue weighted by atomic mass is 10.1. The molecule has 2 heterocycles. The molecular weight excluding hydrogens is 335 g/mol. The number of fused-ring (bicyclic) bond motifs is 1. The van der Waals surface area contributed by atoms with E-state index in [1.807, 2.05) is 37.3 Å². The van der Waals surface area contributed by atoms with Crippen molar-refractivity contribution in [2.24, 2.45) is 4.99 Å². The molecule has 1 aromatic carbocycles. The Morgan fingerprint density at radius 2 is 2.12 bits per heavy atom. The zero-order valence-electron chi connectivity index (χ0n) is 14.8. The predicted octanol–water partition coefficient (Wildman–Crippen LogP) is 2.13. The van der Waals surface area contributed by atoms with Crippen LogP contribution in [0.25, 0.3) is 0 Å². The number of carbonyl (C=O) groups is 2. The van der Waals surface area contributed by atoms with E-state index < -0.39 is 6.67 Å². The van der Waals surface area contributed by atoms with Crippen LogP contribution in [0.2, 0.25) is 0 Å². The largest absolute Gasteiger partial charge is 0.352 e. The monoisotopic (exact) mass is 358 g/mol. The first-order valence-corrected chi connectivity index (χ1v) is 8.90. The van der Waals surface area contributed by atoms with Gasteiger partial charge < -0.3 is 5.32 Å². The van der Waals surface area contributed by atoms with Crippen LogP contribution in [0.4, 0.5) is 9.18 Å². The standard InChI is InChI=1S/C19H23FN4O2/c1-2-9-21-18(25)16-13-23(10-8-20)19(26)24-12-15(22-17(16)24)11-14-6-4-3-5-7-14/h3-7,13,15H,2,8-12H2,1H3,(H,21,25)/t15-/m1/s1. The fourth-order valence-electron chi connectivity index (χ4n) is 3.13. The smallest absolute Gasteiger partial charge is 0.329 e. The molecule has 138 valence electrons. The number of aliphatic imine (C=N–C) groups is 1. The number of halogens is 1. The number of benzene rings is 1. The first-order chi connectivity index (χ1) is 12.6. The van der Waals surface area contributed by atoms with Crippen LogP contribution in [0.1, 0.15) is 18.9 Å². The second-order valence-corrected chi connectivity index (χ2v) is 6.37. The summed E-state index contributed by atoms with van der Waals surface area (Å²) in [6.07, 6.45) is 2.91. The highest BCUT2D eigenvalue weighted by molar-refractivity contribution is 6.25. The van der Waals surface area contributed by atoms with E-state index in [9.17, 15) is 14.0 Å². The molecule has 0 bridgehead atoms. The lowest BCUT2D eigenvalue weighted by Gasteiger charge is -2.31. The van der Waals surface area contributed by atoms with Gasteiger partial charge >= 0.3 is 6.03 Å². The molecule has 0 unspecified atom stereocenters. The molecule has 0 saturated carbocycles. The summed E-state index contributed by atoms with van der Waals surface area (Å²) in [6.45, 7) is 2.15. The van der Waals surface area contributed by atoms with Crippen molar-refractivity contribution in [3.8, 4) is 0 Å². The third-order valence-corrected chi connectivity index (χ3v) is 4.38. The molecule has 1 N–H and O–H groups in total. The molecule has 0 radical (unpaired) electrons. The van der Waals surface area contributed by atoms with Crippen LogP contribution in [0.3, 0.4) is 0 Å². The van der Waals surface area contributed by atoms with Crippen molar-refractivity contribution in [2.75, 3.05) is 26.3 Å². The molecule has 1 aromatic rings. The first-order valence-electron chi connectivity index (χ1n) is 8.90. The molecule has 0 saturated heterocycles. The number of rotatable bonds is 7. The molecule has 0 spiro atoms. The summed E-state index contributed by atoms with van der Waals surface area (Å²) in [5.41, 5.74) is 1.44. The van der Waals surface area contributed by atoms with Crippen molar-refractivity contribution in [3.05, 3.63) is 47.7 Å². The second kappa shape index (κ2) is 8.12. The van der Waals surface area contributed by atoms with Crippen molar-refractivity contribution >= 4 is 17.8 Å². The summed E-state index contributed by atoms with van der Waals surface area (Å²) >= 11 is 0. The number of hydrogen-bond donors (Lipinski definition) is 1. The summed E-state index contributed by atoms with van der Waals surface area (Å²) in [4.78, 5) is 32.5. The Morgan fingerprint density at radius 1 is 1.35 bits per heavy atom. The molecule has 3 amide bonds. The van der Waals surface area contributed by atoms with Gasteiger partial charge in [0.1, 0.15) is 12.5 Å². The van der Waals surface area contributed by atoms with Crippen molar-refractivity contribution in [1.82, 2.24) is 15.1 Å². The number of nitrogens with one attached hydrogen (secondary N) is 1. The van der Waals surface area contributed by atoms with Crippen LogP contribution in [0, 0.1) is 0 Å².